The van der Waals surface area contributed by atoms with Gasteiger partial charge in [-0.25, -0.2) is 0 Å². The van der Waals surface area contributed by atoms with E-state index in [1.54, 1.807) is 0 Å². The Morgan fingerprint density at radius 3 is 1.52 bits per heavy atom. The molecule has 21 heavy (non-hydrogen) atoms. The molecule has 0 radical (unpaired) electrons. The van der Waals surface area contributed by atoms with E-state index in [4.69, 9.17) is 0 Å². The van der Waals surface area contributed by atoms with Gasteiger partial charge in [-0.2, -0.15) is 11.8 Å². The van der Waals surface area contributed by atoms with Gasteiger partial charge < -0.3 is 0 Å². The Labute approximate surface area is 137 Å². The van der Waals surface area contributed by atoms with Crippen LogP contribution in [0.25, 0.3) is 0 Å². The average Bonchev–Trinajstić information content (AvgIpc) is 2.78. The zero-order valence-corrected chi connectivity index (χ0v) is 16.3. The molecule has 0 aromatic heterocycles. The number of hydrogen-bond donors (Lipinski definition) is 0. The van der Waals surface area contributed by atoms with Gasteiger partial charge in [-0.1, -0.05) is 73.6 Å². The minimum atomic E-state index is -0.127. The van der Waals surface area contributed by atoms with Gasteiger partial charge >= 0.3 is 0 Å². The van der Waals surface area contributed by atoms with Gasteiger partial charge in [0.25, 0.3) is 0 Å². The van der Waals surface area contributed by atoms with Crippen molar-refractivity contribution in [2.45, 2.75) is 85.3 Å². The van der Waals surface area contributed by atoms with Crippen LogP contribution in [0.1, 0.15) is 80.1 Å². The normalized spacial score (nSPS) is 16.2. The van der Waals surface area contributed by atoms with Crippen LogP contribution in [-0.2, 0) is 9.59 Å². The summed E-state index contributed by atoms with van der Waals surface area (Å²) in [6.07, 6.45) is 8.93. The van der Waals surface area contributed by atoms with Crippen molar-refractivity contribution in [2.75, 3.05) is 13.3 Å². The van der Waals surface area contributed by atoms with Crippen molar-refractivity contribution in [1.29, 1.82) is 0 Å². The highest BCUT2D eigenvalue weighted by Gasteiger charge is 2.34. The van der Waals surface area contributed by atoms with E-state index in [2.05, 4.69) is 27.7 Å². The molecule has 1 atom stereocenters. The van der Waals surface area contributed by atoms with Crippen molar-refractivity contribution in [2.24, 2.45) is 0 Å². The lowest BCUT2D eigenvalue weighted by Crippen LogP contribution is -2.26. The second-order valence-corrected chi connectivity index (χ2v) is 5.61. The molecule has 0 aliphatic carbocycles. The second-order valence-electron chi connectivity index (χ2n) is 4.57. The summed E-state index contributed by atoms with van der Waals surface area (Å²) in [5, 5.41) is -0.127. The van der Waals surface area contributed by atoms with Gasteiger partial charge in [0, 0.05) is 13.5 Å². The first-order chi connectivity index (χ1) is 9.99. The number of thioether (sulfide) groups is 1. The fraction of sp³-hybridized carbons (Fsp3) is 0.882. The van der Waals surface area contributed by atoms with Crippen LogP contribution in [0.3, 0.4) is 0 Å². The van der Waals surface area contributed by atoms with E-state index in [9.17, 15) is 9.59 Å². The zero-order chi connectivity index (χ0) is 17.3. The van der Waals surface area contributed by atoms with Crippen LogP contribution in [0.15, 0.2) is 0 Å². The molecule has 1 unspecified atom stereocenters. The number of unbranched alkanes of at least 4 members (excludes halogenated alkanes) is 3. The van der Waals surface area contributed by atoms with Crippen LogP contribution in [0.4, 0.5) is 0 Å². The second kappa shape index (κ2) is 19.5. The third-order valence-electron chi connectivity index (χ3n) is 2.83. The van der Waals surface area contributed by atoms with Crippen molar-refractivity contribution in [1.82, 2.24) is 4.90 Å². The van der Waals surface area contributed by atoms with Gasteiger partial charge in [-0.3, -0.25) is 14.5 Å². The van der Waals surface area contributed by atoms with Gasteiger partial charge in [0.15, 0.2) is 0 Å². The number of carbonyl (C=O) groups is 2. The molecule has 1 heterocycles. The van der Waals surface area contributed by atoms with Crippen LogP contribution < -0.4 is 0 Å². The Hall–Kier alpha value is -0.510. The molecule has 1 aliphatic rings. The molecule has 0 saturated carbocycles. The molecule has 1 fully saturated rings. The van der Waals surface area contributed by atoms with Crippen LogP contribution in [0, 0.1) is 0 Å². The number of imide groups is 1. The lowest BCUT2D eigenvalue weighted by molar-refractivity contribution is -0.136. The number of nitrogens with zero attached hydrogens (tertiary/aromatic N) is 1. The molecule has 1 rings (SSSR count). The van der Waals surface area contributed by atoms with E-state index < -0.39 is 0 Å². The Balaban J connectivity index is -0.000000250. The maximum Gasteiger partial charge on any atom is 0.242 e. The summed E-state index contributed by atoms with van der Waals surface area (Å²) in [7, 11) is 1.53. The van der Waals surface area contributed by atoms with Crippen molar-refractivity contribution < 1.29 is 9.59 Å². The van der Waals surface area contributed by atoms with Gasteiger partial charge in [-0.15, -0.1) is 0 Å². The molecule has 4 heteroatoms. The van der Waals surface area contributed by atoms with E-state index in [0.717, 1.165) is 0 Å². The van der Waals surface area contributed by atoms with E-state index in [0.29, 0.717) is 6.42 Å². The average molecular weight is 320 g/mol. The van der Waals surface area contributed by atoms with E-state index in [1.165, 1.54) is 55.8 Å². The van der Waals surface area contributed by atoms with Gasteiger partial charge in [0.1, 0.15) is 0 Å². The molecule has 0 aromatic carbocycles. The van der Waals surface area contributed by atoms with Gasteiger partial charge in [0.2, 0.25) is 11.8 Å². The summed E-state index contributed by atoms with van der Waals surface area (Å²) < 4.78 is 0. The summed E-state index contributed by atoms with van der Waals surface area (Å²) >= 11 is 1.44. The predicted octanol–water partition coefficient (Wildman–Crippen LogP) is 5.14. The highest BCUT2D eigenvalue weighted by molar-refractivity contribution is 8.00. The summed E-state index contributed by atoms with van der Waals surface area (Å²) in [4.78, 5) is 23.1. The molecule has 0 bridgehead atoms. The summed E-state index contributed by atoms with van der Waals surface area (Å²) in [5.41, 5.74) is 0. The topological polar surface area (TPSA) is 37.4 Å². The van der Waals surface area contributed by atoms with E-state index in [-0.39, 0.29) is 17.1 Å². The molecule has 0 N–H and O–H groups in total. The first kappa shape index (κ1) is 25.4. The summed E-state index contributed by atoms with van der Waals surface area (Å²) in [6, 6.07) is 0. The van der Waals surface area contributed by atoms with Crippen molar-refractivity contribution in [3.05, 3.63) is 0 Å². The third-order valence-corrected chi connectivity index (χ3v) is 3.77. The molecule has 1 aliphatic heterocycles. The third kappa shape index (κ3) is 14.2. The molecule has 1 saturated heterocycles. The monoisotopic (exact) mass is 319 g/mol. The summed E-state index contributed by atoms with van der Waals surface area (Å²) in [5.74, 6) is -0.123. The quantitative estimate of drug-likeness (QED) is 0.674. The Morgan fingerprint density at radius 2 is 1.43 bits per heavy atom. The van der Waals surface area contributed by atoms with Crippen molar-refractivity contribution in [3.63, 3.8) is 0 Å². The first-order valence-corrected chi connectivity index (χ1v) is 9.61. The maximum absolute atomic E-state index is 11.0. The van der Waals surface area contributed by atoms with Crippen molar-refractivity contribution in [3.8, 4) is 0 Å². The fourth-order valence-electron chi connectivity index (χ4n) is 1.26. The smallest absolute Gasteiger partial charge is 0.242 e. The molecule has 128 valence electrons. The fourth-order valence-corrected chi connectivity index (χ4v) is 1.93. The van der Waals surface area contributed by atoms with E-state index in [1.807, 2.05) is 20.1 Å². The summed E-state index contributed by atoms with van der Waals surface area (Å²) in [6.45, 7) is 12.8. The number of amides is 2. The van der Waals surface area contributed by atoms with E-state index >= 15 is 0 Å². The Kier molecular flexibility index (Phi) is 23.6. The Morgan fingerprint density at radius 1 is 1.00 bits per heavy atom. The van der Waals surface area contributed by atoms with Crippen LogP contribution >= 0.6 is 11.8 Å². The molecule has 0 spiro atoms. The standard InChI is InChI=1S/C6H9NO2S.C5H12.C4H10.C2H6/c1-7-5(8)3-4(10-2)6(7)9;1-3-5-4-2;1-3-4-2;1-2/h4H,3H2,1-2H3;3-5H2,1-2H3;3-4H2,1-2H3;1-2H3. The highest BCUT2D eigenvalue weighted by Crippen LogP contribution is 2.21. The molecule has 0 aromatic rings. The minimum Gasteiger partial charge on any atom is -0.285 e. The first-order valence-electron chi connectivity index (χ1n) is 8.33. The number of carbonyl (C=O) groups excluding carboxylic acids is 2. The lowest BCUT2D eigenvalue weighted by Gasteiger charge is -2.04. The highest BCUT2D eigenvalue weighted by atomic mass is 32.2. The number of rotatable bonds is 4. The van der Waals surface area contributed by atoms with Gasteiger partial charge in [-0.05, 0) is 6.26 Å². The van der Waals surface area contributed by atoms with Crippen LogP contribution in [0.5, 0.6) is 0 Å². The SMILES string of the molecule is CC.CCCC.CCCCC.CSC1CC(=O)N(C)C1=O. The molecule has 3 nitrogen and oxygen atoms in total. The van der Waals surface area contributed by atoms with Crippen LogP contribution in [-0.4, -0.2) is 35.3 Å². The zero-order valence-electron chi connectivity index (χ0n) is 15.5. The Bertz CT molecular complexity index is 241. The molecule has 2 amide bonds. The van der Waals surface area contributed by atoms with Crippen LogP contribution in [0.2, 0.25) is 0 Å². The minimum absolute atomic E-state index is 0.0579. The lowest BCUT2D eigenvalue weighted by atomic mass is 10.3. The van der Waals surface area contributed by atoms with Crippen molar-refractivity contribution >= 4 is 23.6 Å². The largest absolute Gasteiger partial charge is 0.285 e. The number of hydrogen-bond acceptors (Lipinski definition) is 3. The predicted molar refractivity (Wildman–Crippen MR) is 96.8 cm³/mol. The van der Waals surface area contributed by atoms with Gasteiger partial charge in [0.05, 0.1) is 5.25 Å². The number of likely N-dealkylation sites (tertiary alicyclic amines) is 1. The maximum atomic E-state index is 11.0. The molecular formula is C17H37NO2S. The molecular weight excluding hydrogens is 282 g/mol.